The van der Waals surface area contributed by atoms with Crippen molar-refractivity contribution in [3.05, 3.63) is 60.7 Å². The minimum absolute atomic E-state index is 0.204. The van der Waals surface area contributed by atoms with E-state index in [2.05, 4.69) is 20.5 Å². The zero-order valence-electron chi connectivity index (χ0n) is 11.0. The monoisotopic (exact) mass is 266 g/mol. The molecule has 0 heterocycles. The van der Waals surface area contributed by atoms with E-state index >= 15 is 0 Å². The second-order valence-corrected chi connectivity index (χ2v) is 4.09. The Morgan fingerprint density at radius 2 is 1.20 bits per heavy atom. The third kappa shape index (κ3) is 4.20. The molecular formula is C15H14N4O. The van der Waals surface area contributed by atoms with Crippen LogP contribution in [0.5, 0.6) is 0 Å². The summed E-state index contributed by atoms with van der Waals surface area (Å²) >= 11 is 0. The topological polar surface area (TPSA) is 66.5 Å². The largest absolute Gasteiger partial charge is 0.295 e. The Morgan fingerprint density at radius 1 is 0.800 bits per heavy atom. The smallest absolute Gasteiger partial charge is 0.238 e. The summed E-state index contributed by atoms with van der Waals surface area (Å²) in [4.78, 5) is 11.5. The second-order valence-electron chi connectivity index (χ2n) is 4.09. The van der Waals surface area contributed by atoms with Gasteiger partial charge in [-0.25, -0.2) is 0 Å². The van der Waals surface area contributed by atoms with Crippen molar-refractivity contribution < 1.29 is 4.79 Å². The fourth-order valence-corrected chi connectivity index (χ4v) is 1.42. The van der Waals surface area contributed by atoms with Gasteiger partial charge < -0.3 is 0 Å². The standard InChI is InChI=1S/C15H14N4O/c1-12(20)15(18-16-13-8-4-2-5-9-13)19-17-14-10-6-3-7-11-14/h2-11,15H,1H3. The van der Waals surface area contributed by atoms with Gasteiger partial charge in [-0.2, -0.15) is 20.5 Å². The van der Waals surface area contributed by atoms with Gasteiger partial charge in [-0.1, -0.05) is 36.4 Å². The average molecular weight is 266 g/mol. The Bertz CT molecular complexity index is 559. The number of carbonyl (C=O) groups excluding carboxylic acids is 1. The van der Waals surface area contributed by atoms with Crippen molar-refractivity contribution in [3.8, 4) is 0 Å². The minimum atomic E-state index is -0.907. The molecule has 2 aromatic carbocycles. The highest BCUT2D eigenvalue weighted by atomic mass is 16.1. The molecule has 20 heavy (non-hydrogen) atoms. The number of hydrogen-bond acceptors (Lipinski definition) is 5. The summed E-state index contributed by atoms with van der Waals surface area (Å²) in [5.41, 5.74) is 1.35. The number of ketones is 1. The van der Waals surface area contributed by atoms with E-state index in [0.717, 1.165) is 0 Å². The molecule has 0 aliphatic carbocycles. The maximum atomic E-state index is 11.5. The molecule has 0 aliphatic rings. The molecule has 5 nitrogen and oxygen atoms in total. The Labute approximate surface area is 117 Å². The van der Waals surface area contributed by atoms with Gasteiger partial charge in [0.25, 0.3) is 0 Å². The van der Waals surface area contributed by atoms with Crippen LogP contribution < -0.4 is 0 Å². The maximum Gasteiger partial charge on any atom is 0.238 e. The van der Waals surface area contributed by atoms with Crippen molar-refractivity contribution in [2.75, 3.05) is 0 Å². The Kier molecular flexibility index (Phi) is 4.83. The first-order valence-electron chi connectivity index (χ1n) is 6.18. The fraction of sp³-hybridized carbons (Fsp3) is 0.133. The van der Waals surface area contributed by atoms with Gasteiger partial charge >= 0.3 is 0 Å². The van der Waals surface area contributed by atoms with Gasteiger partial charge in [-0.15, -0.1) is 0 Å². The van der Waals surface area contributed by atoms with Gasteiger partial charge in [0.15, 0.2) is 5.78 Å². The molecule has 0 spiro atoms. The van der Waals surface area contributed by atoms with Crippen LogP contribution >= 0.6 is 0 Å². The van der Waals surface area contributed by atoms with Crippen LogP contribution in [0.4, 0.5) is 11.4 Å². The summed E-state index contributed by atoms with van der Waals surface area (Å²) in [5.74, 6) is -0.204. The van der Waals surface area contributed by atoms with Crippen molar-refractivity contribution in [2.45, 2.75) is 13.1 Å². The highest BCUT2D eigenvalue weighted by Gasteiger charge is 2.11. The molecule has 0 saturated heterocycles. The lowest BCUT2D eigenvalue weighted by Gasteiger charge is -1.99. The van der Waals surface area contributed by atoms with Crippen LogP contribution in [-0.2, 0) is 4.79 Å². The van der Waals surface area contributed by atoms with Crippen LogP contribution in [0.25, 0.3) is 0 Å². The molecule has 0 amide bonds. The van der Waals surface area contributed by atoms with Crippen LogP contribution in [0.3, 0.4) is 0 Å². The van der Waals surface area contributed by atoms with E-state index in [1.807, 2.05) is 36.4 Å². The Morgan fingerprint density at radius 3 is 1.55 bits per heavy atom. The van der Waals surface area contributed by atoms with Crippen LogP contribution in [0.15, 0.2) is 81.1 Å². The average Bonchev–Trinajstić information content (AvgIpc) is 2.49. The highest BCUT2D eigenvalue weighted by molar-refractivity contribution is 5.81. The normalized spacial score (nSPS) is 12.8. The molecule has 100 valence electrons. The number of rotatable bonds is 5. The summed E-state index contributed by atoms with van der Waals surface area (Å²) in [6.07, 6.45) is -0.907. The van der Waals surface area contributed by atoms with E-state index in [4.69, 9.17) is 0 Å². The molecule has 0 radical (unpaired) electrons. The molecular weight excluding hydrogens is 252 g/mol. The number of benzene rings is 2. The van der Waals surface area contributed by atoms with Crippen molar-refractivity contribution >= 4 is 17.2 Å². The number of carbonyl (C=O) groups is 1. The van der Waals surface area contributed by atoms with E-state index < -0.39 is 6.17 Å². The molecule has 0 aliphatic heterocycles. The van der Waals surface area contributed by atoms with Crippen LogP contribution in [-0.4, -0.2) is 11.9 Å². The van der Waals surface area contributed by atoms with Gasteiger partial charge in [0.1, 0.15) is 0 Å². The summed E-state index contributed by atoms with van der Waals surface area (Å²) in [5, 5.41) is 15.8. The lowest BCUT2D eigenvalue weighted by molar-refractivity contribution is -0.118. The summed E-state index contributed by atoms with van der Waals surface area (Å²) < 4.78 is 0. The van der Waals surface area contributed by atoms with Crippen molar-refractivity contribution in [3.63, 3.8) is 0 Å². The van der Waals surface area contributed by atoms with Crippen molar-refractivity contribution in [1.82, 2.24) is 0 Å². The molecule has 5 heteroatoms. The number of nitrogens with zero attached hydrogens (tertiary/aromatic N) is 4. The molecule has 0 saturated carbocycles. The second kappa shape index (κ2) is 7.04. The number of hydrogen-bond donors (Lipinski definition) is 0. The predicted octanol–water partition coefficient (Wildman–Crippen LogP) is 4.47. The zero-order chi connectivity index (χ0) is 14.2. The molecule has 0 fully saturated rings. The van der Waals surface area contributed by atoms with E-state index in [9.17, 15) is 4.79 Å². The molecule has 0 bridgehead atoms. The van der Waals surface area contributed by atoms with Gasteiger partial charge in [0, 0.05) is 0 Å². The van der Waals surface area contributed by atoms with Crippen molar-refractivity contribution in [1.29, 1.82) is 0 Å². The van der Waals surface area contributed by atoms with Crippen molar-refractivity contribution in [2.24, 2.45) is 20.5 Å². The zero-order valence-corrected chi connectivity index (χ0v) is 11.0. The maximum absolute atomic E-state index is 11.5. The van der Waals surface area contributed by atoms with Gasteiger partial charge in [-0.3, -0.25) is 4.79 Å². The Balaban J connectivity index is 2.10. The first-order valence-corrected chi connectivity index (χ1v) is 6.18. The lowest BCUT2D eigenvalue weighted by Crippen LogP contribution is -2.10. The van der Waals surface area contributed by atoms with Crippen LogP contribution in [0, 0.1) is 0 Å². The van der Waals surface area contributed by atoms with E-state index in [0.29, 0.717) is 11.4 Å². The number of Topliss-reactive ketones (excluding diaryl/α,β-unsaturated/α-hetero) is 1. The fourth-order valence-electron chi connectivity index (χ4n) is 1.42. The van der Waals surface area contributed by atoms with Gasteiger partial charge in [0.05, 0.1) is 11.4 Å². The summed E-state index contributed by atoms with van der Waals surface area (Å²) in [6, 6.07) is 18.4. The van der Waals surface area contributed by atoms with E-state index in [1.54, 1.807) is 24.3 Å². The third-order valence-electron chi connectivity index (χ3n) is 2.44. The SMILES string of the molecule is CC(=O)C(N=Nc1ccccc1)N=Nc1ccccc1. The molecule has 0 atom stereocenters. The minimum Gasteiger partial charge on any atom is -0.295 e. The number of azo groups is 2. The van der Waals surface area contributed by atoms with E-state index in [1.165, 1.54) is 6.92 Å². The molecule has 0 unspecified atom stereocenters. The highest BCUT2D eigenvalue weighted by Crippen LogP contribution is 2.14. The molecule has 0 aromatic heterocycles. The van der Waals surface area contributed by atoms with Gasteiger partial charge in [-0.05, 0) is 31.2 Å². The van der Waals surface area contributed by atoms with Gasteiger partial charge in [0.2, 0.25) is 6.17 Å². The quantitative estimate of drug-likeness (QED) is 0.736. The Hall–Kier alpha value is -2.69. The summed E-state index contributed by atoms with van der Waals surface area (Å²) in [7, 11) is 0. The predicted molar refractivity (Wildman–Crippen MR) is 76.4 cm³/mol. The lowest BCUT2D eigenvalue weighted by atomic mass is 10.3. The first kappa shape index (κ1) is 13.7. The molecule has 2 rings (SSSR count). The van der Waals surface area contributed by atoms with Crippen LogP contribution in [0.1, 0.15) is 6.92 Å². The molecule has 0 N–H and O–H groups in total. The van der Waals surface area contributed by atoms with Crippen LogP contribution in [0.2, 0.25) is 0 Å². The summed E-state index contributed by atoms with van der Waals surface area (Å²) in [6.45, 7) is 1.42. The van der Waals surface area contributed by atoms with E-state index in [-0.39, 0.29) is 5.78 Å². The third-order valence-corrected chi connectivity index (χ3v) is 2.44. The molecule has 2 aromatic rings. The first-order chi connectivity index (χ1) is 9.75.